The number of hydrogen-bond donors (Lipinski definition) is 1. The van der Waals surface area contributed by atoms with E-state index in [1.54, 1.807) is 0 Å². The molecule has 0 atom stereocenters. The van der Waals surface area contributed by atoms with E-state index in [0.29, 0.717) is 6.54 Å². The van der Waals surface area contributed by atoms with E-state index in [9.17, 15) is 0 Å². The average Bonchev–Trinajstić information content (AvgIpc) is 2.82. The van der Waals surface area contributed by atoms with E-state index < -0.39 is 0 Å². The second-order valence-electron chi connectivity index (χ2n) is 3.85. The number of hydrogen-bond acceptors (Lipinski definition) is 3. The number of nitrogens with one attached hydrogen (secondary N) is 1. The van der Waals surface area contributed by atoms with Gasteiger partial charge >= 0.3 is 0 Å². The molecule has 2 aromatic heterocycles. The second-order valence-corrected chi connectivity index (χ2v) is 3.85. The zero-order chi connectivity index (χ0) is 11.5. The molecular weight excluding hydrogens is 202 g/mol. The van der Waals surface area contributed by atoms with Gasteiger partial charge in [-0.2, -0.15) is 10.2 Å². The van der Waals surface area contributed by atoms with Gasteiger partial charge < -0.3 is 5.32 Å². The number of aryl methyl sites for hydroxylation is 3. The van der Waals surface area contributed by atoms with Crippen molar-refractivity contribution in [1.29, 1.82) is 0 Å². The van der Waals surface area contributed by atoms with Gasteiger partial charge in [-0.25, -0.2) is 0 Å². The monoisotopic (exact) mass is 219 g/mol. The summed E-state index contributed by atoms with van der Waals surface area (Å²) in [5.41, 5.74) is 2.18. The minimum absolute atomic E-state index is 0.713. The Bertz CT molecular complexity index is 468. The Morgan fingerprint density at radius 3 is 2.75 bits per heavy atom. The van der Waals surface area contributed by atoms with Crippen LogP contribution in [0.3, 0.4) is 0 Å². The Balaban J connectivity index is 1.99. The standard InChI is InChI=1S/C11H17N5/c1-4-16-6-5-10(13-16)7-12-11-9(2)8-15(3)14-11/h5-6,8H,4,7H2,1-3H3,(H,12,14). The Hall–Kier alpha value is -1.78. The van der Waals surface area contributed by atoms with Gasteiger partial charge in [0.05, 0.1) is 12.2 Å². The normalized spacial score (nSPS) is 10.7. The number of aromatic nitrogens is 4. The fourth-order valence-corrected chi connectivity index (χ4v) is 1.63. The predicted molar refractivity (Wildman–Crippen MR) is 63.2 cm³/mol. The fourth-order valence-electron chi connectivity index (χ4n) is 1.63. The lowest BCUT2D eigenvalue weighted by Crippen LogP contribution is -2.03. The van der Waals surface area contributed by atoms with E-state index in [1.165, 1.54) is 0 Å². The van der Waals surface area contributed by atoms with Crippen LogP contribution in [0.5, 0.6) is 0 Å². The molecule has 0 aliphatic carbocycles. The van der Waals surface area contributed by atoms with Crippen molar-refractivity contribution < 1.29 is 0 Å². The first-order valence-electron chi connectivity index (χ1n) is 5.45. The first-order chi connectivity index (χ1) is 7.69. The van der Waals surface area contributed by atoms with Crippen molar-refractivity contribution in [2.45, 2.75) is 26.9 Å². The zero-order valence-corrected chi connectivity index (χ0v) is 9.94. The third-order valence-corrected chi connectivity index (χ3v) is 2.47. The second kappa shape index (κ2) is 4.38. The molecule has 0 aliphatic rings. The molecule has 0 fully saturated rings. The molecule has 5 heteroatoms. The van der Waals surface area contributed by atoms with Crippen LogP contribution >= 0.6 is 0 Å². The van der Waals surface area contributed by atoms with Gasteiger partial charge in [0.2, 0.25) is 0 Å². The molecule has 0 aromatic carbocycles. The molecule has 2 rings (SSSR count). The highest BCUT2D eigenvalue weighted by atomic mass is 15.3. The summed E-state index contributed by atoms with van der Waals surface area (Å²) in [4.78, 5) is 0. The van der Waals surface area contributed by atoms with Crippen LogP contribution in [0.1, 0.15) is 18.2 Å². The van der Waals surface area contributed by atoms with Crippen molar-refractivity contribution in [2.24, 2.45) is 7.05 Å². The quantitative estimate of drug-likeness (QED) is 0.848. The molecule has 0 unspecified atom stereocenters. The average molecular weight is 219 g/mol. The van der Waals surface area contributed by atoms with Crippen LogP contribution < -0.4 is 5.32 Å². The maximum atomic E-state index is 4.40. The topological polar surface area (TPSA) is 47.7 Å². The van der Waals surface area contributed by atoms with E-state index in [4.69, 9.17) is 0 Å². The molecule has 1 N–H and O–H groups in total. The molecule has 86 valence electrons. The van der Waals surface area contributed by atoms with Gasteiger partial charge in [-0.05, 0) is 19.9 Å². The van der Waals surface area contributed by atoms with Crippen LogP contribution in [0.2, 0.25) is 0 Å². The van der Waals surface area contributed by atoms with E-state index in [2.05, 4.69) is 22.4 Å². The van der Waals surface area contributed by atoms with E-state index in [-0.39, 0.29) is 0 Å². The van der Waals surface area contributed by atoms with Crippen molar-refractivity contribution in [3.05, 3.63) is 29.7 Å². The van der Waals surface area contributed by atoms with E-state index in [0.717, 1.165) is 23.6 Å². The Morgan fingerprint density at radius 2 is 2.19 bits per heavy atom. The van der Waals surface area contributed by atoms with Gasteiger partial charge in [-0.15, -0.1) is 0 Å². The van der Waals surface area contributed by atoms with Gasteiger partial charge in [0.25, 0.3) is 0 Å². The number of nitrogens with zero attached hydrogens (tertiary/aromatic N) is 4. The minimum atomic E-state index is 0.713. The maximum absolute atomic E-state index is 4.40. The Labute approximate surface area is 95.1 Å². The molecule has 0 radical (unpaired) electrons. The molecule has 16 heavy (non-hydrogen) atoms. The highest BCUT2D eigenvalue weighted by Crippen LogP contribution is 2.11. The number of anilines is 1. The predicted octanol–water partition coefficient (Wildman–Crippen LogP) is 1.56. The lowest BCUT2D eigenvalue weighted by molar-refractivity contribution is 0.648. The molecule has 5 nitrogen and oxygen atoms in total. The summed E-state index contributed by atoms with van der Waals surface area (Å²) in [5, 5.41) is 12.0. The lowest BCUT2D eigenvalue weighted by atomic mass is 10.3. The van der Waals surface area contributed by atoms with Gasteiger partial charge in [0.1, 0.15) is 0 Å². The molecule has 0 amide bonds. The molecular formula is C11H17N5. The summed E-state index contributed by atoms with van der Waals surface area (Å²) in [6.07, 6.45) is 3.98. The summed E-state index contributed by atoms with van der Waals surface area (Å²) in [7, 11) is 1.92. The summed E-state index contributed by atoms with van der Waals surface area (Å²) < 4.78 is 3.73. The minimum Gasteiger partial charge on any atom is -0.363 e. The van der Waals surface area contributed by atoms with Gasteiger partial charge in [0.15, 0.2) is 5.82 Å². The number of rotatable bonds is 4. The first-order valence-corrected chi connectivity index (χ1v) is 5.45. The third kappa shape index (κ3) is 2.24. The maximum Gasteiger partial charge on any atom is 0.151 e. The summed E-state index contributed by atoms with van der Waals surface area (Å²) in [6, 6.07) is 2.02. The smallest absolute Gasteiger partial charge is 0.151 e. The Kier molecular flexibility index (Phi) is 2.94. The van der Waals surface area contributed by atoms with Gasteiger partial charge in [-0.1, -0.05) is 0 Å². The Morgan fingerprint density at radius 1 is 1.38 bits per heavy atom. The van der Waals surface area contributed by atoms with Crippen LogP contribution in [-0.2, 0) is 20.1 Å². The largest absolute Gasteiger partial charge is 0.363 e. The molecule has 0 aliphatic heterocycles. The van der Waals surface area contributed by atoms with Crippen molar-refractivity contribution in [3.8, 4) is 0 Å². The summed E-state index contributed by atoms with van der Waals surface area (Å²) in [5.74, 6) is 0.925. The SMILES string of the molecule is CCn1ccc(CNc2nn(C)cc2C)n1. The summed E-state index contributed by atoms with van der Waals surface area (Å²) >= 11 is 0. The third-order valence-electron chi connectivity index (χ3n) is 2.47. The zero-order valence-electron chi connectivity index (χ0n) is 9.94. The van der Waals surface area contributed by atoms with Gasteiger partial charge in [0, 0.05) is 31.5 Å². The van der Waals surface area contributed by atoms with Crippen LogP contribution in [0.4, 0.5) is 5.82 Å². The highest BCUT2D eigenvalue weighted by molar-refractivity contribution is 5.41. The molecule has 0 bridgehead atoms. The van der Waals surface area contributed by atoms with Crippen molar-refractivity contribution >= 4 is 5.82 Å². The first kappa shape index (κ1) is 10.7. The van der Waals surface area contributed by atoms with Crippen molar-refractivity contribution in [1.82, 2.24) is 19.6 Å². The van der Waals surface area contributed by atoms with Crippen LogP contribution in [0.25, 0.3) is 0 Å². The van der Waals surface area contributed by atoms with E-state index in [1.807, 2.05) is 41.8 Å². The van der Waals surface area contributed by atoms with Gasteiger partial charge in [-0.3, -0.25) is 9.36 Å². The lowest BCUT2D eigenvalue weighted by Gasteiger charge is -2.01. The van der Waals surface area contributed by atoms with Crippen LogP contribution in [0, 0.1) is 6.92 Å². The van der Waals surface area contributed by atoms with Crippen LogP contribution in [-0.4, -0.2) is 19.6 Å². The van der Waals surface area contributed by atoms with Crippen molar-refractivity contribution in [2.75, 3.05) is 5.32 Å². The molecule has 0 saturated carbocycles. The fraction of sp³-hybridized carbons (Fsp3) is 0.455. The highest BCUT2D eigenvalue weighted by Gasteiger charge is 2.03. The van der Waals surface area contributed by atoms with E-state index >= 15 is 0 Å². The van der Waals surface area contributed by atoms with Crippen molar-refractivity contribution in [3.63, 3.8) is 0 Å². The molecule has 0 spiro atoms. The summed E-state index contributed by atoms with van der Waals surface area (Å²) in [6.45, 7) is 5.74. The van der Waals surface area contributed by atoms with Crippen LogP contribution in [0.15, 0.2) is 18.5 Å². The molecule has 2 heterocycles. The molecule has 2 aromatic rings. The molecule has 0 saturated heterocycles.